The summed E-state index contributed by atoms with van der Waals surface area (Å²) in [6.07, 6.45) is 0.671. The molecule has 0 spiro atoms. The molecular formula is C14H17NO4. The molecular weight excluding hydrogens is 246 g/mol. The summed E-state index contributed by atoms with van der Waals surface area (Å²) < 4.78 is 10.7. The third-order valence-corrected chi connectivity index (χ3v) is 4.00. The van der Waals surface area contributed by atoms with Gasteiger partial charge in [0.1, 0.15) is 5.75 Å². The SMILES string of the molecule is CN1C(=O)COc2ccc(C3(CCO)COC3)cc21. The second-order valence-electron chi connectivity index (χ2n) is 5.17. The molecule has 1 amide bonds. The Labute approximate surface area is 111 Å². The van der Waals surface area contributed by atoms with Crippen LogP contribution in [0, 0.1) is 0 Å². The van der Waals surface area contributed by atoms with E-state index in [9.17, 15) is 9.90 Å². The molecule has 102 valence electrons. The van der Waals surface area contributed by atoms with Crippen LogP contribution in [0.4, 0.5) is 5.69 Å². The van der Waals surface area contributed by atoms with E-state index in [-0.39, 0.29) is 24.5 Å². The van der Waals surface area contributed by atoms with Crippen molar-refractivity contribution in [2.24, 2.45) is 0 Å². The van der Waals surface area contributed by atoms with Crippen LogP contribution in [0.25, 0.3) is 0 Å². The smallest absolute Gasteiger partial charge is 0.264 e. The summed E-state index contributed by atoms with van der Waals surface area (Å²) in [5.41, 5.74) is 1.76. The fourth-order valence-corrected chi connectivity index (χ4v) is 2.62. The van der Waals surface area contributed by atoms with Crippen molar-refractivity contribution in [2.45, 2.75) is 11.8 Å². The van der Waals surface area contributed by atoms with Gasteiger partial charge in [0.05, 0.1) is 18.9 Å². The summed E-state index contributed by atoms with van der Waals surface area (Å²) in [7, 11) is 1.75. The zero-order valence-electron chi connectivity index (χ0n) is 10.9. The molecule has 5 heteroatoms. The third-order valence-electron chi connectivity index (χ3n) is 4.00. The van der Waals surface area contributed by atoms with Gasteiger partial charge in [0.25, 0.3) is 5.91 Å². The predicted octanol–water partition coefficient (Wildman–Crippen LogP) is 0.692. The van der Waals surface area contributed by atoms with Crippen LogP contribution in [0.5, 0.6) is 5.75 Å². The first kappa shape index (κ1) is 12.4. The lowest BCUT2D eigenvalue weighted by atomic mass is 9.76. The van der Waals surface area contributed by atoms with Crippen molar-refractivity contribution in [3.8, 4) is 5.75 Å². The molecule has 0 aliphatic carbocycles. The van der Waals surface area contributed by atoms with E-state index in [1.807, 2.05) is 18.2 Å². The highest BCUT2D eigenvalue weighted by atomic mass is 16.5. The Morgan fingerprint density at radius 3 is 2.84 bits per heavy atom. The lowest BCUT2D eigenvalue weighted by molar-refractivity contribution is -0.121. The number of anilines is 1. The Bertz CT molecular complexity index is 510. The van der Waals surface area contributed by atoms with Gasteiger partial charge in [-0.3, -0.25) is 4.79 Å². The van der Waals surface area contributed by atoms with Crippen LogP contribution >= 0.6 is 0 Å². The number of benzene rings is 1. The van der Waals surface area contributed by atoms with Gasteiger partial charge in [-0.1, -0.05) is 6.07 Å². The number of nitrogens with zero attached hydrogens (tertiary/aromatic N) is 1. The number of aliphatic hydroxyl groups excluding tert-OH is 1. The second kappa shape index (κ2) is 4.51. The number of amides is 1. The van der Waals surface area contributed by atoms with Crippen LogP contribution in [-0.4, -0.2) is 44.5 Å². The molecule has 0 saturated carbocycles. The average Bonchev–Trinajstić information content (AvgIpc) is 2.38. The van der Waals surface area contributed by atoms with Crippen molar-refractivity contribution >= 4 is 11.6 Å². The zero-order chi connectivity index (χ0) is 13.5. The molecule has 5 nitrogen and oxygen atoms in total. The van der Waals surface area contributed by atoms with Gasteiger partial charge in [0.15, 0.2) is 6.61 Å². The summed E-state index contributed by atoms with van der Waals surface area (Å²) in [5, 5.41) is 9.22. The maximum absolute atomic E-state index is 11.7. The Morgan fingerprint density at radius 2 is 2.21 bits per heavy atom. The Kier molecular flexibility index (Phi) is 2.95. The van der Waals surface area contributed by atoms with E-state index in [0.717, 1.165) is 17.0 Å². The van der Waals surface area contributed by atoms with Crippen LogP contribution in [0.3, 0.4) is 0 Å². The molecule has 1 aromatic carbocycles. The van der Waals surface area contributed by atoms with Crippen LogP contribution in [0.1, 0.15) is 12.0 Å². The lowest BCUT2D eigenvalue weighted by Crippen LogP contribution is -2.47. The van der Waals surface area contributed by atoms with Crippen molar-refractivity contribution in [1.82, 2.24) is 0 Å². The number of carbonyl (C=O) groups is 1. The molecule has 2 aliphatic rings. The van der Waals surface area contributed by atoms with E-state index in [4.69, 9.17) is 9.47 Å². The van der Waals surface area contributed by atoms with Crippen LogP contribution in [-0.2, 0) is 14.9 Å². The highest BCUT2D eigenvalue weighted by molar-refractivity contribution is 5.97. The van der Waals surface area contributed by atoms with Gasteiger partial charge in [0.2, 0.25) is 0 Å². The van der Waals surface area contributed by atoms with Gasteiger partial charge in [-0.25, -0.2) is 0 Å². The van der Waals surface area contributed by atoms with Crippen molar-refractivity contribution in [3.63, 3.8) is 0 Å². The molecule has 0 radical (unpaired) electrons. The van der Waals surface area contributed by atoms with Crippen LogP contribution < -0.4 is 9.64 Å². The minimum Gasteiger partial charge on any atom is -0.482 e. The highest BCUT2D eigenvalue weighted by Crippen LogP contribution is 2.40. The van der Waals surface area contributed by atoms with E-state index in [1.54, 1.807) is 11.9 Å². The molecule has 0 unspecified atom stereocenters. The number of aliphatic hydroxyl groups is 1. The maximum Gasteiger partial charge on any atom is 0.264 e. The first-order chi connectivity index (χ1) is 9.16. The molecule has 0 atom stereocenters. The number of ether oxygens (including phenoxy) is 2. The first-order valence-corrected chi connectivity index (χ1v) is 6.39. The van der Waals surface area contributed by atoms with Crippen molar-refractivity contribution < 1.29 is 19.4 Å². The molecule has 2 heterocycles. The van der Waals surface area contributed by atoms with E-state index >= 15 is 0 Å². The van der Waals surface area contributed by atoms with Gasteiger partial charge < -0.3 is 19.5 Å². The number of hydrogen-bond donors (Lipinski definition) is 1. The van der Waals surface area contributed by atoms with E-state index in [2.05, 4.69) is 0 Å². The van der Waals surface area contributed by atoms with E-state index in [1.165, 1.54) is 0 Å². The average molecular weight is 263 g/mol. The van der Waals surface area contributed by atoms with Crippen LogP contribution in [0.2, 0.25) is 0 Å². The molecule has 1 aromatic rings. The predicted molar refractivity (Wildman–Crippen MR) is 69.5 cm³/mol. The topological polar surface area (TPSA) is 59.0 Å². The monoisotopic (exact) mass is 263 g/mol. The van der Waals surface area contributed by atoms with Crippen LogP contribution in [0.15, 0.2) is 18.2 Å². The van der Waals surface area contributed by atoms with Gasteiger partial charge in [0, 0.05) is 19.1 Å². The summed E-state index contributed by atoms with van der Waals surface area (Å²) >= 11 is 0. The summed E-state index contributed by atoms with van der Waals surface area (Å²) in [5.74, 6) is 0.677. The first-order valence-electron chi connectivity index (χ1n) is 6.39. The minimum absolute atomic E-state index is 0.0503. The fourth-order valence-electron chi connectivity index (χ4n) is 2.62. The summed E-state index contributed by atoms with van der Waals surface area (Å²) in [6.45, 7) is 1.45. The minimum atomic E-state index is -0.120. The van der Waals surface area contributed by atoms with E-state index in [0.29, 0.717) is 19.6 Å². The summed E-state index contributed by atoms with van der Waals surface area (Å²) in [4.78, 5) is 13.3. The molecule has 19 heavy (non-hydrogen) atoms. The Morgan fingerprint density at radius 1 is 1.42 bits per heavy atom. The normalized spacial score (nSPS) is 20.5. The highest BCUT2D eigenvalue weighted by Gasteiger charge is 2.40. The Balaban J connectivity index is 1.98. The molecule has 3 rings (SSSR count). The maximum atomic E-state index is 11.7. The Hall–Kier alpha value is -1.59. The molecule has 1 saturated heterocycles. The van der Waals surface area contributed by atoms with Crippen molar-refractivity contribution in [1.29, 1.82) is 0 Å². The van der Waals surface area contributed by atoms with Gasteiger partial charge in [-0.05, 0) is 24.1 Å². The molecule has 1 N–H and O–H groups in total. The molecule has 0 bridgehead atoms. The molecule has 0 aromatic heterocycles. The molecule has 1 fully saturated rings. The van der Waals surface area contributed by atoms with E-state index < -0.39 is 0 Å². The number of hydrogen-bond acceptors (Lipinski definition) is 4. The van der Waals surface area contributed by atoms with Crippen molar-refractivity contribution in [3.05, 3.63) is 23.8 Å². The van der Waals surface area contributed by atoms with Gasteiger partial charge in [-0.15, -0.1) is 0 Å². The third kappa shape index (κ3) is 1.89. The fraction of sp³-hybridized carbons (Fsp3) is 0.500. The largest absolute Gasteiger partial charge is 0.482 e. The van der Waals surface area contributed by atoms with Gasteiger partial charge in [-0.2, -0.15) is 0 Å². The van der Waals surface area contributed by atoms with Gasteiger partial charge >= 0.3 is 0 Å². The number of likely N-dealkylation sites (N-methyl/N-ethyl adjacent to an activating group) is 1. The zero-order valence-corrected chi connectivity index (χ0v) is 10.9. The number of fused-ring (bicyclic) bond motifs is 1. The quantitative estimate of drug-likeness (QED) is 0.871. The molecule has 2 aliphatic heterocycles. The second-order valence-corrected chi connectivity index (χ2v) is 5.17. The number of rotatable bonds is 3. The lowest BCUT2D eigenvalue weighted by Gasteiger charge is -2.42. The standard InChI is InChI=1S/C14H17NO4/c1-15-11-6-10(14(4-5-16)8-18-9-14)2-3-12(11)19-7-13(15)17/h2-3,6,16H,4-5,7-9H2,1H3. The summed E-state index contributed by atoms with van der Waals surface area (Å²) in [6, 6.07) is 5.87. The van der Waals surface area contributed by atoms with Crippen molar-refractivity contribution in [2.75, 3.05) is 38.4 Å². The number of carbonyl (C=O) groups excluding carboxylic acids is 1.